The molecule has 0 N–H and O–H groups in total. The minimum absolute atomic E-state index is 0.132. The van der Waals surface area contributed by atoms with Crippen LogP contribution in [0.2, 0.25) is 0 Å². The van der Waals surface area contributed by atoms with Crippen molar-refractivity contribution in [1.82, 2.24) is 5.16 Å². The fraction of sp³-hybridized carbons (Fsp3) is 0.231. The van der Waals surface area contributed by atoms with E-state index in [2.05, 4.69) is 5.16 Å². The Hall–Kier alpha value is -2.10. The van der Waals surface area contributed by atoms with Gasteiger partial charge < -0.3 is 9.26 Å². The van der Waals surface area contributed by atoms with Gasteiger partial charge in [-0.1, -0.05) is 17.3 Å². The summed E-state index contributed by atoms with van der Waals surface area (Å²) >= 11 is 0. The van der Waals surface area contributed by atoms with Crippen LogP contribution in [0.1, 0.15) is 28.6 Å². The number of benzene rings is 1. The van der Waals surface area contributed by atoms with Crippen LogP contribution in [0.25, 0.3) is 0 Å². The largest absolute Gasteiger partial charge is 0.493 e. The average molecular weight is 231 g/mol. The standard InChI is InChI=1S/C13H13NO3/c1-3-16-12-7-5-4-6-10(12)13(15)11-8-14-17-9(11)2/h4-8H,3H2,1-2H3. The number of nitrogens with zero attached hydrogens (tertiary/aromatic N) is 1. The lowest BCUT2D eigenvalue weighted by Crippen LogP contribution is -2.05. The van der Waals surface area contributed by atoms with Crippen LogP contribution in [0.4, 0.5) is 0 Å². The number of ether oxygens (including phenoxy) is 1. The zero-order chi connectivity index (χ0) is 12.3. The average Bonchev–Trinajstić information content (AvgIpc) is 2.76. The molecule has 0 bridgehead atoms. The molecular weight excluding hydrogens is 218 g/mol. The second-order valence-electron chi connectivity index (χ2n) is 3.55. The molecule has 2 rings (SSSR count). The van der Waals surface area contributed by atoms with Crippen LogP contribution in [0, 0.1) is 6.92 Å². The second-order valence-corrected chi connectivity index (χ2v) is 3.55. The molecule has 0 radical (unpaired) electrons. The predicted molar refractivity (Wildman–Crippen MR) is 62.3 cm³/mol. The van der Waals surface area contributed by atoms with Gasteiger partial charge in [-0.2, -0.15) is 0 Å². The predicted octanol–water partition coefficient (Wildman–Crippen LogP) is 2.61. The number of para-hydroxylation sites is 1. The van der Waals surface area contributed by atoms with Crippen LogP contribution in [-0.2, 0) is 0 Å². The summed E-state index contributed by atoms with van der Waals surface area (Å²) in [5, 5.41) is 3.61. The third-order valence-electron chi connectivity index (χ3n) is 2.43. The minimum Gasteiger partial charge on any atom is -0.493 e. The van der Waals surface area contributed by atoms with E-state index in [0.717, 1.165) is 0 Å². The molecule has 1 aromatic heterocycles. The van der Waals surface area contributed by atoms with E-state index in [1.165, 1.54) is 6.20 Å². The number of hydrogen-bond donors (Lipinski definition) is 0. The molecule has 0 saturated carbocycles. The molecule has 1 heterocycles. The van der Waals surface area contributed by atoms with E-state index in [4.69, 9.17) is 9.26 Å². The molecule has 4 heteroatoms. The van der Waals surface area contributed by atoms with Crippen molar-refractivity contribution in [2.45, 2.75) is 13.8 Å². The fourth-order valence-electron chi connectivity index (χ4n) is 1.60. The van der Waals surface area contributed by atoms with Gasteiger partial charge in [0.25, 0.3) is 0 Å². The first kappa shape index (κ1) is 11.4. The Labute approximate surface area is 99.2 Å². The summed E-state index contributed by atoms with van der Waals surface area (Å²) < 4.78 is 10.3. The topological polar surface area (TPSA) is 52.3 Å². The van der Waals surface area contributed by atoms with Crippen molar-refractivity contribution >= 4 is 5.78 Å². The minimum atomic E-state index is -0.132. The third-order valence-corrected chi connectivity index (χ3v) is 2.43. The van der Waals surface area contributed by atoms with Crippen molar-refractivity contribution in [1.29, 1.82) is 0 Å². The van der Waals surface area contributed by atoms with Crippen LogP contribution in [-0.4, -0.2) is 17.5 Å². The van der Waals surface area contributed by atoms with Gasteiger partial charge in [-0.05, 0) is 26.0 Å². The van der Waals surface area contributed by atoms with Crippen LogP contribution >= 0.6 is 0 Å². The molecule has 0 saturated heterocycles. The Morgan fingerprint density at radius 3 is 2.76 bits per heavy atom. The van der Waals surface area contributed by atoms with E-state index in [-0.39, 0.29) is 5.78 Å². The van der Waals surface area contributed by atoms with Crippen molar-refractivity contribution in [3.05, 3.63) is 47.3 Å². The van der Waals surface area contributed by atoms with Gasteiger partial charge in [-0.15, -0.1) is 0 Å². The van der Waals surface area contributed by atoms with E-state index >= 15 is 0 Å². The number of ketones is 1. The first-order chi connectivity index (χ1) is 8.24. The van der Waals surface area contributed by atoms with Crippen molar-refractivity contribution < 1.29 is 14.1 Å². The van der Waals surface area contributed by atoms with E-state index in [0.29, 0.717) is 29.2 Å². The normalized spacial score (nSPS) is 10.2. The maximum absolute atomic E-state index is 12.2. The van der Waals surface area contributed by atoms with Gasteiger partial charge in [0.05, 0.1) is 23.9 Å². The molecule has 4 nitrogen and oxygen atoms in total. The molecule has 1 aromatic carbocycles. The zero-order valence-electron chi connectivity index (χ0n) is 9.77. The van der Waals surface area contributed by atoms with Crippen molar-refractivity contribution in [2.24, 2.45) is 0 Å². The van der Waals surface area contributed by atoms with Gasteiger partial charge in [-0.3, -0.25) is 4.79 Å². The van der Waals surface area contributed by atoms with E-state index < -0.39 is 0 Å². The number of carbonyl (C=O) groups is 1. The van der Waals surface area contributed by atoms with Crippen LogP contribution in [0.5, 0.6) is 5.75 Å². The molecule has 88 valence electrons. The molecular formula is C13H13NO3. The van der Waals surface area contributed by atoms with Gasteiger partial charge in [0.2, 0.25) is 5.78 Å². The number of hydrogen-bond acceptors (Lipinski definition) is 4. The van der Waals surface area contributed by atoms with Gasteiger partial charge in [0, 0.05) is 0 Å². The summed E-state index contributed by atoms with van der Waals surface area (Å²) in [6.07, 6.45) is 1.43. The Kier molecular flexibility index (Phi) is 3.23. The van der Waals surface area contributed by atoms with Crippen molar-refractivity contribution in [2.75, 3.05) is 6.61 Å². The molecule has 0 aliphatic carbocycles. The molecule has 0 unspecified atom stereocenters. The lowest BCUT2D eigenvalue weighted by Gasteiger charge is -2.07. The van der Waals surface area contributed by atoms with Gasteiger partial charge in [0.1, 0.15) is 11.5 Å². The molecule has 0 atom stereocenters. The highest BCUT2D eigenvalue weighted by molar-refractivity contribution is 6.11. The first-order valence-electron chi connectivity index (χ1n) is 5.41. The highest BCUT2D eigenvalue weighted by Crippen LogP contribution is 2.22. The third kappa shape index (κ3) is 2.20. The van der Waals surface area contributed by atoms with E-state index in [9.17, 15) is 4.79 Å². The van der Waals surface area contributed by atoms with Gasteiger partial charge >= 0.3 is 0 Å². The van der Waals surface area contributed by atoms with Gasteiger partial charge in [0.15, 0.2) is 0 Å². The molecule has 0 amide bonds. The fourth-order valence-corrected chi connectivity index (χ4v) is 1.60. The molecule has 2 aromatic rings. The van der Waals surface area contributed by atoms with Gasteiger partial charge in [-0.25, -0.2) is 0 Å². The highest BCUT2D eigenvalue weighted by Gasteiger charge is 2.18. The lowest BCUT2D eigenvalue weighted by molar-refractivity contribution is 0.103. The monoisotopic (exact) mass is 231 g/mol. The Balaban J connectivity index is 2.40. The number of aryl methyl sites for hydroxylation is 1. The van der Waals surface area contributed by atoms with Crippen LogP contribution in [0.3, 0.4) is 0 Å². The summed E-state index contributed by atoms with van der Waals surface area (Å²) in [6.45, 7) is 4.11. The van der Waals surface area contributed by atoms with Crippen LogP contribution in [0.15, 0.2) is 35.0 Å². The lowest BCUT2D eigenvalue weighted by atomic mass is 10.0. The summed E-state index contributed by atoms with van der Waals surface area (Å²) in [4.78, 5) is 12.2. The van der Waals surface area contributed by atoms with Crippen molar-refractivity contribution in [3.63, 3.8) is 0 Å². The quantitative estimate of drug-likeness (QED) is 0.759. The maximum Gasteiger partial charge on any atom is 0.201 e. The molecule has 0 aliphatic heterocycles. The maximum atomic E-state index is 12.2. The molecule has 0 fully saturated rings. The Morgan fingerprint density at radius 2 is 2.12 bits per heavy atom. The summed E-state index contributed by atoms with van der Waals surface area (Å²) in [5.41, 5.74) is 0.998. The highest BCUT2D eigenvalue weighted by atomic mass is 16.5. The van der Waals surface area contributed by atoms with E-state index in [1.54, 1.807) is 25.1 Å². The number of carbonyl (C=O) groups excluding carboxylic acids is 1. The van der Waals surface area contributed by atoms with Crippen molar-refractivity contribution in [3.8, 4) is 5.75 Å². The first-order valence-corrected chi connectivity index (χ1v) is 5.41. The Bertz CT molecular complexity index is 531. The number of rotatable bonds is 4. The second kappa shape index (κ2) is 4.82. The molecule has 0 aliphatic rings. The smallest absolute Gasteiger partial charge is 0.201 e. The van der Waals surface area contributed by atoms with Crippen LogP contribution < -0.4 is 4.74 Å². The SMILES string of the molecule is CCOc1ccccc1C(=O)c1cnoc1C. The molecule has 17 heavy (non-hydrogen) atoms. The summed E-state index contributed by atoms with van der Waals surface area (Å²) in [5.74, 6) is 0.967. The summed E-state index contributed by atoms with van der Waals surface area (Å²) in [6, 6.07) is 7.15. The number of aromatic nitrogens is 1. The zero-order valence-corrected chi connectivity index (χ0v) is 9.77. The van der Waals surface area contributed by atoms with E-state index in [1.807, 2.05) is 13.0 Å². The Morgan fingerprint density at radius 1 is 1.35 bits per heavy atom. The summed E-state index contributed by atoms with van der Waals surface area (Å²) in [7, 11) is 0. The molecule has 0 spiro atoms.